The zero-order valence-electron chi connectivity index (χ0n) is 10.5. The first kappa shape index (κ1) is 14.6. The van der Waals surface area contributed by atoms with Crippen LogP contribution in [0.5, 0.6) is 0 Å². The lowest BCUT2D eigenvalue weighted by molar-refractivity contribution is -0.143. The minimum Gasteiger partial charge on any atom is -0.469 e. The standard InChI is InChI=1S/C13H17NO3S/c1-9(13(16)17-2)7-18-8-10-5-3-4-6-11(10)12(14)15/h3-6,9H,7-8H2,1-2H3,(H2,14,15). The van der Waals surface area contributed by atoms with Crippen LogP contribution in [0.4, 0.5) is 0 Å². The van der Waals surface area contributed by atoms with E-state index in [0.717, 1.165) is 5.56 Å². The topological polar surface area (TPSA) is 69.4 Å². The lowest BCUT2D eigenvalue weighted by Gasteiger charge is -2.10. The largest absolute Gasteiger partial charge is 0.469 e. The number of carbonyl (C=O) groups is 2. The number of primary amides is 1. The first-order chi connectivity index (χ1) is 8.56. The molecular formula is C13H17NO3S. The maximum Gasteiger partial charge on any atom is 0.309 e. The van der Waals surface area contributed by atoms with Crippen LogP contribution in [0, 0.1) is 5.92 Å². The summed E-state index contributed by atoms with van der Waals surface area (Å²) >= 11 is 1.58. The predicted molar refractivity (Wildman–Crippen MR) is 72.3 cm³/mol. The smallest absolute Gasteiger partial charge is 0.309 e. The van der Waals surface area contributed by atoms with Gasteiger partial charge in [-0.15, -0.1) is 0 Å². The van der Waals surface area contributed by atoms with Crippen molar-refractivity contribution >= 4 is 23.6 Å². The third-order valence-corrected chi connectivity index (χ3v) is 3.76. The maximum atomic E-state index is 11.2. The molecule has 1 aromatic rings. The van der Waals surface area contributed by atoms with Crippen LogP contribution in [0.1, 0.15) is 22.8 Å². The first-order valence-electron chi connectivity index (χ1n) is 5.59. The van der Waals surface area contributed by atoms with E-state index in [0.29, 0.717) is 17.1 Å². The quantitative estimate of drug-likeness (QED) is 0.798. The normalized spacial score (nSPS) is 11.9. The Bertz CT molecular complexity index is 434. The van der Waals surface area contributed by atoms with E-state index in [-0.39, 0.29) is 11.9 Å². The molecule has 0 aromatic heterocycles. The summed E-state index contributed by atoms with van der Waals surface area (Å²) in [5.74, 6) is 0.513. The molecule has 1 rings (SSSR count). The summed E-state index contributed by atoms with van der Waals surface area (Å²) in [6.07, 6.45) is 0. The van der Waals surface area contributed by atoms with Gasteiger partial charge in [0.05, 0.1) is 13.0 Å². The van der Waals surface area contributed by atoms with E-state index in [2.05, 4.69) is 4.74 Å². The summed E-state index contributed by atoms with van der Waals surface area (Å²) < 4.78 is 4.65. The van der Waals surface area contributed by atoms with E-state index in [1.54, 1.807) is 23.9 Å². The van der Waals surface area contributed by atoms with Gasteiger partial charge in [-0.25, -0.2) is 0 Å². The molecule has 0 heterocycles. The molecule has 1 unspecified atom stereocenters. The van der Waals surface area contributed by atoms with Crippen molar-refractivity contribution in [1.29, 1.82) is 0 Å². The molecule has 0 radical (unpaired) electrons. The van der Waals surface area contributed by atoms with E-state index >= 15 is 0 Å². The molecule has 2 N–H and O–H groups in total. The molecule has 0 aliphatic rings. The Hall–Kier alpha value is -1.49. The average molecular weight is 267 g/mol. The number of rotatable bonds is 6. The highest BCUT2D eigenvalue weighted by molar-refractivity contribution is 7.98. The molecular weight excluding hydrogens is 250 g/mol. The van der Waals surface area contributed by atoms with Crippen LogP contribution in [0.3, 0.4) is 0 Å². The predicted octanol–water partition coefficient (Wildman–Crippen LogP) is 1.83. The molecule has 0 bridgehead atoms. The second kappa shape index (κ2) is 7.06. The number of hydrogen-bond donors (Lipinski definition) is 1. The molecule has 4 nitrogen and oxygen atoms in total. The molecule has 1 amide bonds. The number of amides is 1. The van der Waals surface area contributed by atoms with Crippen LogP contribution >= 0.6 is 11.8 Å². The van der Waals surface area contributed by atoms with Crippen molar-refractivity contribution in [3.63, 3.8) is 0 Å². The van der Waals surface area contributed by atoms with Crippen molar-refractivity contribution in [3.05, 3.63) is 35.4 Å². The van der Waals surface area contributed by atoms with Crippen molar-refractivity contribution in [2.24, 2.45) is 11.7 Å². The van der Waals surface area contributed by atoms with Crippen LogP contribution < -0.4 is 5.73 Å². The Morgan fingerprint density at radius 1 is 1.39 bits per heavy atom. The summed E-state index contributed by atoms with van der Waals surface area (Å²) in [5.41, 5.74) is 6.73. The molecule has 98 valence electrons. The second-order valence-electron chi connectivity index (χ2n) is 3.96. The van der Waals surface area contributed by atoms with E-state index in [1.807, 2.05) is 19.1 Å². The second-order valence-corrected chi connectivity index (χ2v) is 4.99. The highest BCUT2D eigenvalue weighted by atomic mass is 32.2. The third kappa shape index (κ3) is 4.07. The van der Waals surface area contributed by atoms with Crippen LogP contribution in [0.2, 0.25) is 0 Å². The minimum absolute atomic E-state index is 0.152. The molecule has 0 aliphatic heterocycles. The summed E-state index contributed by atoms with van der Waals surface area (Å²) in [5, 5.41) is 0. The van der Waals surface area contributed by atoms with Crippen molar-refractivity contribution in [1.82, 2.24) is 0 Å². The Kier molecular flexibility index (Phi) is 5.71. The van der Waals surface area contributed by atoms with Crippen molar-refractivity contribution in [2.45, 2.75) is 12.7 Å². The van der Waals surface area contributed by atoms with Gasteiger partial charge in [0, 0.05) is 17.1 Å². The molecule has 0 spiro atoms. The van der Waals surface area contributed by atoms with E-state index in [9.17, 15) is 9.59 Å². The van der Waals surface area contributed by atoms with Gasteiger partial charge in [0.1, 0.15) is 0 Å². The summed E-state index contributed by atoms with van der Waals surface area (Å²) in [6, 6.07) is 7.23. The Balaban J connectivity index is 2.54. The first-order valence-corrected chi connectivity index (χ1v) is 6.75. The van der Waals surface area contributed by atoms with Gasteiger partial charge in [-0.1, -0.05) is 25.1 Å². The summed E-state index contributed by atoms with van der Waals surface area (Å²) in [6.45, 7) is 1.82. The monoisotopic (exact) mass is 267 g/mol. The number of thioether (sulfide) groups is 1. The molecule has 0 saturated heterocycles. The fourth-order valence-corrected chi connectivity index (χ4v) is 2.58. The van der Waals surface area contributed by atoms with Crippen LogP contribution in [-0.4, -0.2) is 24.7 Å². The Labute approximate surface area is 111 Å². The molecule has 18 heavy (non-hydrogen) atoms. The molecule has 0 saturated carbocycles. The van der Waals surface area contributed by atoms with Gasteiger partial charge in [0.2, 0.25) is 5.91 Å². The van der Waals surface area contributed by atoms with Gasteiger partial charge in [0.15, 0.2) is 0 Å². The van der Waals surface area contributed by atoms with Gasteiger partial charge in [-0.05, 0) is 11.6 Å². The van der Waals surface area contributed by atoms with E-state index in [4.69, 9.17) is 5.73 Å². The number of hydrogen-bond acceptors (Lipinski definition) is 4. The SMILES string of the molecule is COC(=O)C(C)CSCc1ccccc1C(N)=O. The van der Waals surface area contributed by atoms with Crippen molar-refractivity contribution in [3.8, 4) is 0 Å². The Morgan fingerprint density at radius 3 is 2.67 bits per heavy atom. The zero-order chi connectivity index (χ0) is 13.5. The van der Waals surface area contributed by atoms with Gasteiger partial charge in [-0.3, -0.25) is 9.59 Å². The van der Waals surface area contributed by atoms with E-state index in [1.165, 1.54) is 7.11 Å². The zero-order valence-corrected chi connectivity index (χ0v) is 11.3. The number of methoxy groups -OCH3 is 1. The van der Waals surface area contributed by atoms with Crippen molar-refractivity contribution < 1.29 is 14.3 Å². The fraction of sp³-hybridized carbons (Fsp3) is 0.385. The van der Waals surface area contributed by atoms with Gasteiger partial charge >= 0.3 is 5.97 Å². The summed E-state index contributed by atoms with van der Waals surface area (Å²) in [7, 11) is 1.38. The molecule has 0 fully saturated rings. The number of nitrogens with two attached hydrogens (primary N) is 1. The highest BCUT2D eigenvalue weighted by Crippen LogP contribution is 2.19. The van der Waals surface area contributed by atoms with Crippen LogP contribution in [0.15, 0.2) is 24.3 Å². The number of esters is 1. The lowest BCUT2D eigenvalue weighted by Crippen LogP contribution is -2.15. The van der Waals surface area contributed by atoms with Crippen molar-refractivity contribution in [2.75, 3.05) is 12.9 Å². The van der Waals surface area contributed by atoms with Crippen LogP contribution in [-0.2, 0) is 15.3 Å². The molecule has 5 heteroatoms. The number of carbonyl (C=O) groups excluding carboxylic acids is 2. The third-order valence-electron chi connectivity index (χ3n) is 2.51. The number of benzene rings is 1. The van der Waals surface area contributed by atoms with Crippen LogP contribution in [0.25, 0.3) is 0 Å². The van der Waals surface area contributed by atoms with Gasteiger partial charge in [-0.2, -0.15) is 11.8 Å². The number of ether oxygens (including phenoxy) is 1. The lowest BCUT2D eigenvalue weighted by atomic mass is 10.1. The maximum absolute atomic E-state index is 11.2. The molecule has 1 atom stereocenters. The van der Waals surface area contributed by atoms with Gasteiger partial charge < -0.3 is 10.5 Å². The van der Waals surface area contributed by atoms with E-state index < -0.39 is 5.91 Å². The molecule has 1 aromatic carbocycles. The average Bonchev–Trinajstić information content (AvgIpc) is 2.38. The van der Waals surface area contributed by atoms with Gasteiger partial charge in [0.25, 0.3) is 0 Å². The summed E-state index contributed by atoms with van der Waals surface area (Å²) in [4.78, 5) is 22.4. The minimum atomic E-state index is -0.424. The fourth-order valence-electron chi connectivity index (χ4n) is 1.50. The molecule has 0 aliphatic carbocycles. The highest BCUT2D eigenvalue weighted by Gasteiger charge is 2.13. The Morgan fingerprint density at radius 2 is 2.06 bits per heavy atom.